The minimum atomic E-state index is -3.15. The van der Waals surface area contributed by atoms with Crippen molar-refractivity contribution in [3.05, 3.63) is 74.7 Å². The number of aromatic nitrogens is 1. The first-order chi connectivity index (χ1) is 16.5. The van der Waals surface area contributed by atoms with Crippen LogP contribution in [0.1, 0.15) is 44.9 Å². The quantitative estimate of drug-likeness (QED) is 0.491. The van der Waals surface area contributed by atoms with Gasteiger partial charge in [-0.05, 0) is 31.5 Å². The Hall–Kier alpha value is -3.67. The van der Waals surface area contributed by atoms with Gasteiger partial charge in [0.1, 0.15) is 23.3 Å². The number of ether oxygens (including phenoxy) is 1. The Balaban J connectivity index is 1.73. The molecule has 2 aromatic rings. The molecule has 2 N–H and O–H groups in total. The van der Waals surface area contributed by atoms with Crippen LogP contribution in [0.25, 0.3) is 0 Å². The van der Waals surface area contributed by atoms with Gasteiger partial charge in [0.15, 0.2) is 11.4 Å². The van der Waals surface area contributed by atoms with Crippen molar-refractivity contribution < 1.29 is 37.0 Å². The predicted octanol–water partition coefficient (Wildman–Crippen LogP) is 2.63. The molecular weight excluding hydrogens is 474 g/mol. The molecule has 0 saturated heterocycles. The van der Waals surface area contributed by atoms with Gasteiger partial charge in [0.05, 0.1) is 6.04 Å². The lowest BCUT2D eigenvalue weighted by Gasteiger charge is -2.38. The van der Waals surface area contributed by atoms with Crippen LogP contribution >= 0.6 is 0 Å². The summed E-state index contributed by atoms with van der Waals surface area (Å²) in [4.78, 5) is 39.8. The topological polar surface area (TPSA) is 101 Å². The van der Waals surface area contributed by atoms with E-state index in [0.717, 1.165) is 22.9 Å². The molecule has 0 unspecified atom stereocenters. The molecule has 186 valence electrons. The number of aromatic hydroxyl groups is 1. The molecule has 1 aromatic heterocycles. The average molecular weight is 495 g/mol. The number of nitrogens with one attached hydrogen (secondary N) is 1. The second-order valence-electron chi connectivity index (χ2n) is 8.38. The molecule has 8 nitrogen and oxygen atoms in total. The molecule has 2 bridgehead atoms. The molecule has 2 amide bonds. The average Bonchev–Trinajstić information content (AvgIpc) is 2.91. The van der Waals surface area contributed by atoms with Gasteiger partial charge in [-0.1, -0.05) is 12.2 Å². The zero-order valence-electron chi connectivity index (χ0n) is 18.6. The molecule has 0 saturated carbocycles. The van der Waals surface area contributed by atoms with Crippen LogP contribution in [-0.4, -0.2) is 51.7 Å². The number of rotatable bonds is 5. The van der Waals surface area contributed by atoms with Crippen LogP contribution in [0, 0.1) is 18.6 Å². The number of hydrogen-bond acceptors (Lipinski definition) is 5. The molecule has 0 fully saturated rings. The van der Waals surface area contributed by atoms with Crippen LogP contribution < -0.4 is 10.7 Å². The summed E-state index contributed by atoms with van der Waals surface area (Å²) < 4.78 is 60.1. The summed E-state index contributed by atoms with van der Waals surface area (Å²) in [7, 11) is 0. The van der Waals surface area contributed by atoms with Crippen molar-refractivity contribution in [3.8, 4) is 5.75 Å². The Labute approximate surface area is 196 Å². The molecule has 12 heteroatoms. The second-order valence-corrected chi connectivity index (χ2v) is 8.38. The van der Waals surface area contributed by atoms with Crippen molar-refractivity contribution in [1.29, 1.82) is 0 Å². The predicted molar refractivity (Wildman–Crippen MR) is 114 cm³/mol. The largest absolute Gasteiger partial charge is 0.503 e. The van der Waals surface area contributed by atoms with E-state index in [1.165, 1.54) is 24.0 Å². The SMILES string of the molecule is Cc1cc(F)c(CNC(=O)c2cn3c(c(O)c2=O)C(=O)N2C[C@@H]3[C@@H](OC(F)F)C=C[C@@H]2C)c(F)c1. The Bertz CT molecular complexity index is 1270. The number of halogens is 4. The zero-order valence-corrected chi connectivity index (χ0v) is 18.6. The maximum Gasteiger partial charge on any atom is 0.345 e. The van der Waals surface area contributed by atoms with E-state index in [9.17, 15) is 37.1 Å². The number of pyridine rings is 1. The van der Waals surface area contributed by atoms with E-state index < -0.39 is 82.8 Å². The fraction of sp³-hybridized carbons (Fsp3) is 0.348. The molecular formula is C23H21F4N3O5. The van der Waals surface area contributed by atoms with Crippen molar-refractivity contribution in [2.75, 3.05) is 6.54 Å². The minimum Gasteiger partial charge on any atom is -0.503 e. The maximum atomic E-state index is 14.1. The van der Waals surface area contributed by atoms with Crippen LogP contribution in [-0.2, 0) is 11.3 Å². The van der Waals surface area contributed by atoms with Crippen LogP contribution in [0.4, 0.5) is 17.6 Å². The highest BCUT2D eigenvalue weighted by atomic mass is 19.3. The molecule has 35 heavy (non-hydrogen) atoms. The number of aryl methyl sites for hydroxylation is 1. The second kappa shape index (κ2) is 9.17. The summed E-state index contributed by atoms with van der Waals surface area (Å²) in [6.07, 6.45) is 2.55. The molecule has 0 aliphatic carbocycles. The number of fused-ring (bicyclic) bond motifs is 4. The van der Waals surface area contributed by atoms with Gasteiger partial charge in [-0.15, -0.1) is 0 Å². The minimum absolute atomic E-state index is 0.0967. The standard InChI is InChI=1S/C23H21F4N3O5/c1-10-5-14(24)12(15(25)6-10)7-28-21(33)13-8-30-16-9-29(22(34)18(30)20(32)19(13)31)11(2)3-4-17(16)35-23(26)27/h3-6,8,11,16-17,23,32H,7,9H2,1-2H3,(H,28,33)/t11-,16+,17-/m0/s1. The van der Waals surface area contributed by atoms with Gasteiger partial charge in [-0.2, -0.15) is 8.78 Å². The van der Waals surface area contributed by atoms with E-state index in [2.05, 4.69) is 10.1 Å². The van der Waals surface area contributed by atoms with Crippen molar-refractivity contribution in [2.24, 2.45) is 0 Å². The third kappa shape index (κ3) is 4.41. The van der Waals surface area contributed by atoms with Crippen LogP contribution in [0.3, 0.4) is 0 Å². The van der Waals surface area contributed by atoms with Gasteiger partial charge in [0, 0.05) is 30.9 Å². The molecule has 2 aliphatic heterocycles. The van der Waals surface area contributed by atoms with Crippen molar-refractivity contribution in [2.45, 2.75) is 45.2 Å². The first kappa shape index (κ1) is 24.5. The summed E-state index contributed by atoms with van der Waals surface area (Å²) in [5.41, 5.74) is -2.42. The molecule has 0 radical (unpaired) electrons. The van der Waals surface area contributed by atoms with E-state index >= 15 is 0 Å². The van der Waals surface area contributed by atoms with Gasteiger partial charge in [-0.3, -0.25) is 14.4 Å². The third-order valence-corrected chi connectivity index (χ3v) is 6.08. The molecule has 1 aromatic carbocycles. The normalized spacial score (nSPS) is 21.2. The van der Waals surface area contributed by atoms with E-state index in [4.69, 9.17) is 0 Å². The van der Waals surface area contributed by atoms with Gasteiger partial charge in [-0.25, -0.2) is 8.78 Å². The van der Waals surface area contributed by atoms with Gasteiger partial charge >= 0.3 is 6.61 Å². The molecule has 0 spiro atoms. The van der Waals surface area contributed by atoms with Gasteiger partial charge in [0.2, 0.25) is 5.43 Å². The number of benzene rings is 1. The number of amides is 2. The smallest absolute Gasteiger partial charge is 0.345 e. The lowest BCUT2D eigenvalue weighted by Crippen LogP contribution is -2.49. The van der Waals surface area contributed by atoms with Gasteiger partial charge < -0.3 is 24.6 Å². The Morgan fingerprint density at radius 3 is 2.51 bits per heavy atom. The number of carbonyl (C=O) groups is 2. The number of carbonyl (C=O) groups excluding carboxylic acids is 2. The zero-order chi connectivity index (χ0) is 25.6. The Morgan fingerprint density at radius 1 is 1.23 bits per heavy atom. The maximum absolute atomic E-state index is 14.1. The first-order valence-electron chi connectivity index (χ1n) is 10.6. The number of hydrogen-bond donors (Lipinski definition) is 2. The lowest BCUT2D eigenvalue weighted by atomic mass is 10.0. The van der Waals surface area contributed by atoms with Crippen molar-refractivity contribution in [3.63, 3.8) is 0 Å². The monoisotopic (exact) mass is 495 g/mol. The first-order valence-corrected chi connectivity index (χ1v) is 10.6. The fourth-order valence-electron chi connectivity index (χ4n) is 4.30. The highest BCUT2D eigenvalue weighted by molar-refractivity contribution is 5.99. The fourth-order valence-corrected chi connectivity index (χ4v) is 4.30. The van der Waals surface area contributed by atoms with E-state index in [1.807, 2.05) is 0 Å². The summed E-state index contributed by atoms with van der Waals surface area (Å²) in [6, 6.07) is 0.612. The number of nitrogens with zero attached hydrogens (tertiary/aromatic N) is 2. The van der Waals surface area contributed by atoms with Crippen molar-refractivity contribution in [1.82, 2.24) is 14.8 Å². The highest BCUT2D eigenvalue weighted by Crippen LogP contribution is 2.34. The molecule has 2 aliphatic rings. The molecule has 3 atom stereocenters. The lowest BCUT2D eigenvalue weighted by molar-refractivity contribution is -0.161. The molecule has 3 heterocycles. The molecule has 4 rings (SSSR count). The summed E-state index contributed by atoms with van der Waals surface area (Å²) in [6.45, 7) is -0.732. The van der Waals surface area contributed by atoms with Crippen LogP contribution in [0.5, 0.6) is 5.75 Å². The van der Waals surface area contributed by atoms with Gasteiger partial charge in [0.25, 0.3) is 11.8 Å². The van der Waals surface area contributed by atoms with E-state index in [-0.39, 0.29) is 6.54 Å². The summed E-state index contributed by atoms with van der Waals surface area (Å²) in [5.74, 6) is -4.66. The van der Waals surface area contributed by atoms with Crippen LogP contribution in [0.2, 0.25) is 0 Å². The Morgan fingerprint density at radius 2 is 1.89 bits per heavy atom. The van der Waals surface area contributed by atoms with Crippen LogP contribution in [0.15, 0.2) is 35.3 Å². The van der Waals surface area contributed by atoms with E-state index in [1.54, 1.807) is 6.92 Å². The third-order valence-electron chi connectivity index (χ3n) is 6.08. The summed E-state index contributed by atoms with van der Waals surface area (Å²) >= 11 is 0. The van der Waals surface area contributed by atoms with E-state index in [0.29, 0.717) is 5.56 Å². The number of alkyl halides is 2. The Kier molecular flexibility index (Phi) is 6.41. The highest BCUT2D eigenvalue weighted by Gasteiger charge is 2.42. The summed E-state index contributed by atoms with van der Waals surface area (Å²) in [5, 5.41) is 12.8. The van der Waals surface area contributed by atoms with Crippen molar-refractivity contribution >= 4 is 11.8 Å².